The number of imidazole rings is 1. The van der Waals surface area contributed by atoms with Gasteiger partial charge in [-0.3, -0.25) is 9.13 Å². The maximum atomic E-state index is 12.1. The van der Waals surface area contributed by atoms with E-state index in [-0.39, 0.29) is 11.7 Å². The van der Waals surface area contributed by atoms with Gasteiger partial charge in [0.15, 0.2) is 0 Å². The Bertz CT molecular complexity index is 576. The van der Waals surface area contributed by atoms with Gasteiger partial charge in [-0.2, -0.15) is 0 Å². The predicted octanol–water partition coefficient (Wildman–Crippen LogP) is 3.51. The number of nitrogens with zero attached hydrogens (tertiary/aromatic N) is 2. The first-order valence-electron chi connectivity index (χ1n) is 6.76. The molecule has 0 fully saturated rings. The molecule has 0 saturated carbocycles. The molecule has 0 spiro atoms. The van der Waals surface area contributed by atoms with Crippen LogP contribution in [0.15, 0.2) is 23.0 Å². The number of rotatable bonds is 2. The molecule has 3 nitrogen and oxygen atoms in total. The van der Waals surface area contributed by atoms with Crippen molar-refractivity contribution < 1.29 is 0 Å². The quantitative estimate of drug-likeness (QED) is 0.799. The number of hydrogen-bond acceptors (Lipinski definition) is 1. The van der Waals surface area contributed by atoms with Crippen molar-refractivity contribution in [2.24, 2.45) is 7.05 Å². The number of aromatic nitrogens is 2. The highest BCUT2D eigenvalue weighted by atomic mass is 16.1. The van der Waals surface area contributed by atoms with Gasteiger partial charge in [-0.05, 0) is 38.0 Å². The van der Waals surface area contributed by atoms with Crippen molar-refractivity contribution in [3.05, 3.63) is 34.2 Å². The molecular formula is C15H24N2O. The Morgan fingerprint density at radius 2 is 1.78 bits per heavy atom. The highest BCUT2D eigenvalue weighted by molar-refractivity contribution is 5.77. The van der Waals surface area contributed by atoms with Gasteiger partial charge in [0.1, 0.15) is 0 Å². The summed E-state index contributed by atoms with van der Waals surface area (Å²) in [5.74, 6) is 0. The van der Waals surface area contributed by atoms with E-state index in [1.54, 1.807) is 4.57 Å². The van der Waals surface area contributed by atoms with Crippen LogP contribution in [0.4, 0.5) is 0 Å². The first-order chi connectivity index (χ1) is 8.56. The molecule has 100 valence electrons. The van der Waals surface area contributed by atoms with Crippen LogP contribution >= 0.6 is 0 Å². The van der Waals surface area contributed by atoms with Crippen molar-refractivity contribution in [2.75, 3.05) is 0 Å². The summed E-state index contributed by atoms with van der Waals surface area (Å²) in [4.78, 5) is 12.1. The smallest absolute Gasteiger partial charge is 0.295 e. The topological polar surface area (TPSA) is 26.9 Å². The van der Waals surface area contributed by atoms with Crippen molar-refractivity contribution in [3.63, 3.8) is 0 Å². The molecule has 0 unspecified atom stereocenters. The molecular weight excluding hydrogens is 224 g/mol. The van der Waals surface area contributed by atoms with Gasteiger partial charge in [0.2, 0.25) is 0 Å². The number of hydrogen-bond donors (Lipinski definition) is 0. The van der Waals surface area contributed by atoms with E-state index in [2.05, 4.69) is 25.1 Å². The van der Waals surface area contributed by atoms with Crippen LogP contribution in [0.5, 0.6) is 0 Å². The molecule has 0 bridgehead atoms. The first-order valence-corrected chi connectivity index (χ1v) is 6.76. The molecule has 0 saturated heterocycles. The van der Waals surface area contributed by atoms with Crippen LogP contribution in [0.25, 0.3) is 11.0 Å². The minimum atomic E-state index is 0.0678. The third kappa shape index (κ3) is 2.35. The molecule has 1 aromatic carbocycles. The van der Waals surface area contributed by atoms with E-state index in [0.29, 0.717) is 0 Å². The third-order valence-corrected chi connectivity index (χ3v) is 3.08. The average Bonchev–Trinajstić information content (AvgIpc) is 2.64. The van der Waals surface area contributed by atoms with Gasteiger partial charge in [0, 0.05) is 13.1 Å². The maximum Gasteiger partial charge on any atom is 0.329 e. The lowest BCUT2D eigenvalue weighted by Crippen LogP contribution is -2.23. The van der Waals surface area contributed by atoms with Crippen molar-refractivity contribution in [2.45, 2.75) is 47.1 Å². The lowest BCUT2D eigenvalue weighted by molar-refractivity contribution is 0.583. The molecule has 0 aliphatic carbocycles. The second-order valence-electron chi connectivity index (χ2n) is 4.48. The zero-order valence-electron chi connectivity index (χ0n) is 12.3. The monoisotopic (exact) mass is 248 g/mol. The Balaban J connectivity index is 0.000000771. The Hall–Kier alpha value is -1.51. The second kappa shape index (κ2) is 5.89. The van der Waals surface area contributed by atoms with Crippen LogP contribution in [0.2, 0.25) is 0 Å². The highest BCUT2D eigenvalue weighted by Gasteiger charge is 2.12. The van der Waals surface area contributed by atoms with E-state index in [0.717, 1.165) is 17.5 Å². The fourth-order valence-corrected chi connectivity index (χ4v) is 2.13. The minimum absolute atomic E-state index is 0.0678. The maximum absolute atomic E-state index is 12.1. The van der Waals surface area contributed by atoms with Crippen LogP contribution in [0, 0.1) is 0 Å². The Morgan fingerprint density at radius 1 is 1.17 bits per heavy atom. The summed E-state index contributed by atoms with van der Waals surface area (Å²) in [5, 5.41) is 0. The standard InChI is InChI=1S/C13H18N2O.C2H6/c1-5-10-6-7-11-12(8-10)14(4)13(16)15(11)9(2)3;1-2/h6-9H,5H2,1-4H3;1-2H3. The second-order valence-corrected chi connectivity index (χ2v) is 4.48. The van der Waals surface area contributed by atoms with Gasteiger partial charge >= 0.3 is 5.69 Å². The summed E-state index contributed by atoms with van der Waals surface area (Å²) >= 11 is 0. The number of aryl methyl sites for hydroxylation is 2. The molecule has 0 aliphatic rings. The Kier molecular flexibility index (Phi) is 4.76. The summed E-state index contributed by atoms with van der Waals surface area (Å²) in [6.45, 7) is 10.2. The van der Waals surface area contributed by atoms with E-state index in [1.165, 1.54) is 5.56 Å². The van der Waals surface area contributed by atoms with Crippen LogP contribution in [0.1, 0.15) is 46.2 Å². The van der Waals surface area contributed by atoms with E-state index in [4.69, 9.17) is 0 Å². The third-order valence-electron chi connectivity index (χ3n) is 3.08. The van der Waals surface area contributed by atoms with Gasteiger partial charge in [-0.15, -0.1) is 0 Å². The van der Waals surface area contributed by atoms with Crippen LogP contribution in [0.3, 0.4) is 0 Å². The summed E-state index contributed by atoms with van der Waals surface area (Å²) in [6.07, 6.45) is 0.997. The van der Waals surface area contributed by atoms with Crippen molar-refractivity contribution in [1.29, 1.82) is 0 Å². The summed E-state index contributed by atoms with van der Waals surface area (Å²) in [6, 6.07) is 6.45. The van der Waals surface area contributed by atoms with Gasteiger partial charge in [-0.1, -0.05) is 26.8 Å². The molecule has 1 heterocycles. The molecule has 3 heteroatoms. The Morgan fingerprint density at radius 3 is 2.28 bits per heavy atom. The molecule has 0 radical (unpaired) electrons. The summed E-state index contributed by atoms with van der Waals surface area (Å²) in [7, 11) is 1.84. The average molecular weight is 248 g/mol. The van der Waals surface area contributed by atoms with Crippen LogP contribution in [-0.2, 0) is 13.5 Å². The predicted molar refractivity (Wildman–Crippen MR) is 78.3 cm³/mol. The molecule has 0 atom stereocenters. The molecule has 2 aromatic rings. The van der Waals surface area contributed by atoms with Crippen LogP contribution < -0.4 is 5.69 Å². The zero-order chi connectivity index (χ0) is 13.9. The van der Waals surface area contributed by atoms with Crippen molar-refractivity contribution in [3.8, 4) is 0 Å². The first kappa shape index (κ1) is 14.6. The highest BCUT2D eigenvalue weighted by Crippen LogP contribution is 2.18. The molecule has 1 aromatic heterocycles. The van der Waals surface area contributed by atoms with E-state index in [9.17, 15) is 4.79 Å². The van der Waals surface area contributed by atoms with E-state index < -0.39 is 0 Å². The lowest BCUT2D eigenvalue weighted by Gasteiger charge is -2.06. The molecule has 18 heavy (non-hydrogen) atoms. The molecule has 0 aliphatic heterocycles. The van der Waals surface area contributed by atoms with Gasteiger partial charge in [0.25, 0.3) is 0 Å². The summed E-state index contributed by atoms with van der Waals surface area (Å²) in [5.41, 5.74) is 3.39. The van der Waals surface area contributed by atoms with Crippen LogP contribution in [-0.4, -0.2) is 9.13 Å². The largest absolute Gasteiger partial charge is 0.329 e. The fourth-order valence-electron chi connectivity index (χ4n) is 2.13. The van der Waals surface area contributed by atoms with Crippen molar-refractivity contribution >= 4 is 11.0 Å². The van der Waals surface area contributed by atoms with Gasteiger partial charge < -0.3 is 0 Å². The molecule has 0 N–H and O–H groups in total. The molecule has 2 rings (SSSR count). The lowest BCUT2D eigenvalue weighted by atomic mass is 10.1. The fraction of sp³-hybridized carbons (Fsp3) is 0.533. The van der Waals surface area contributed by atoms with E-state index in [1.807, 2.05) is 39.3 Å². The SMILES string of the molecule is CC.CCc1ccc2c(c1)n(C)c(=O)n2C(C)C. The minimum Gasteiger partial charge on any atom is -0.295 e. The Labute approximate surface area is 109 Å². The zero-order valence-corrected chi connectivity index (χ0v) is 12.3. The van der Waals surface area contributed by atoms with Crippen molar-refractivity contribution in [1.82, 2.24) is 9.13 Å². The number of benzene rings is 1. The van der Waals surface area contributed by atoms with Gasteiger partial charge in [-0.25, -0.2) is 4.79 Å². The molecule has 0 amide bonds. The normalized spacial score (nSPS) is 10.6. The summed E-state index contributed by atoms with van der Waals surface area (Å²) < 4.78 is 3.57. The van der Waals surface area contributed by atoms with Gasteiger partial charge in [0.05, 0.1) is 11.0 Å². The number of fused-ring (bicyclic) bond motifs is 1. The van der Waals surface area contributed by atoms with E-state index >= 15 is 0 Å².